The van der Waals surface area contributed by atoms with Crippen LogP contribution in [0.15, 0.2) is 18.2 Å². The first-order chi connectivity index (χ1) is 5.25. The third-order valence-electron chi connectivity index (χ3n) is 1.21. The summed E-state index contributed by atoms with van der Waals surface area (Å²) < 4.78 is 4.41. The number of carbonyl (C=O) groups excluding carboxylic acids is 1. The molecule has 11 heavy (non-hydrogen) atoms. The van der Waals surface area contributed by atoms with Crippen LogP contribution in [0.2, 0.25) is 0 Å². The van der Waals surface area contributed by atoms with Crippen LogP contribution in [0.1, 0.15) is 0 Å². The zero-order chi connectivity index (χ0) is 8.27. The number of anilines is 1. The fourth-order valence-electron chi connectivity index (χ4n) is 0.686. The second-order valence-corrected chi connectivity index (χ2v) is 1.91. The van der Waals surface area contributed by atoms with Gasteiger partial charge < -0.3 is 15.6 Å². The third kappa shape index (κ3) is 1.40. The molecule has 0 amide bonds. The Morgan fingerprint density at radius 1 is 1.55 bits per heavy atom. The standard InChI is InChI=1S/C7H7NO3/c8-5-2-1-3-6(7(5)10)11-4-9/h1-4,10H,8H2. The van der Waals surface area contributed by atoms with E-state index in [1.165, 1.54) is 12.1 Å². The molecule has 4 nitrogen and oxygen atoms in total. The molecule has 0 aliphatic rings. The highest BCUT2D eigenvalue weighted by molar-refractivity contribution is 5.61. The lowest BCUT2D eigenvalue weighted by atomic mass is 10.3. The lowest BCUT2D eigenvalue weighted by Crippen LogP contribution is -1.91. The molecule has 0 saturated heterocycles. The second-order valence-electron chi connectivity index (χ2n) is 1.91. The number of benzene rings is 1. The average Bonchev–Trinajstić information content (AvgIpc) is 1.99. The Hall–Kier alpha value is -1.71. The smallest absolute Gasteiger partial charge is 0.298 e. The van der Waals surface area contributed by atoms with E-state index in [0.717, 1.165) is 0 Å². The SMILES string of the molecule is Nc1cccc(OC=O)c1O. The molecule has 0 heterocycles. The van der Waals surface area contributed by atoms with E-state index in [4.69, 9.17) is 10.8 Å². The molecular weight excluding hydrogens is 146 g/mol. The first kappa shape index (κ1) is 7.40. The quantitative estimate of drug-likeness (QED) is 0.369. The van der Waals surface area contributed by atoms with E-state index in [2.05, 4.69) is 4.74 Å². The molecule has 0 aliphatic heterocycles. The Kier molecular flexibility index (Phi) is 1.96. The molecule has 0 bridgehead atoms. The average molecular weight is 153 g/mol. The van der Waals surface area contributed by atoms with Crippen LogP contribution in [0.3, 0.4) is 0 Å². The number of nitrogen functional groups attached to an aromatic ring is 1. The lowest BCUT2D eigenvalue weighted by Gasteiger charge is -2.02. The van der Waals surface area contributed by atoms with Gasteiger partial charge in [0.05, 0.1) is 5.69 Å². The number of hydrogen-bond donors (Lipinski definition) is 2. The highest BCUT2D eigenvalue weighted by atomic mass is 16.5. The Morgan fingerprint density at radius 2 is 2.27 bits per heavy atom. The highest BCUT2D eigenvalue weighted by Crippen LogP contribution is 2.30. The molecule has 0 aliphatic carbocycles. The summed E-state index contributed by atoms with van der Waals surface area (Å²) in [6.07, 6.45) is 0. The van der Waals surface area contributed by atoms with Gasteiger partial charge in [-0.3, -0.25) is 4.79 Å². The molecule has 0 radical (unpaired) electrons. The molecule has 0 aromatic heterocycles. The minimum absolute atomic E-state index is 0.0694. The molecule has 0 fully saturated rings. The van der Waals surface area contributed by atoms with Crippen molar-refractivity contribution in [3.05, 3.63) is 18.2 Å². The number of aromatic hydroxyl groups is 1. The van der Waals surface area contributed by atoms with E-state index in [9.17, 15) is 4.79 Å². The van der Waals surface area contributed by atoms with Crippen molar-refractivity contribution in [2.75, 3.05) is 5.73 Å². The molecular formula is C7H7NO3. The molecule has 0 spiro atoms. The molecule has 0 atom stereocenters. The van der Waals surface area contributed by atoms with Crippen LogP contribution in [0.4, 0.5) is 5.69 Å². The number of para-hydroxylation sites is 1. The molecule has 4 heteroatoms. The second kappa shape index (κ2) is 2.92. The monoisotopic (exact) mass is 153 g/mol. The Balaban J connectivity index is 3.05. The maximum Gasteiger partial charge on any atom is 0.298 e. The van der Waals surface area contributed by atoms with Gasteiger partial charge in [0.1, 0.15) is 0 Å². The van der Waals surface area contributed by atoms with Crippen molar-refractivity contribution in [3.63, 3.8) is 0 Å². The highest BCUT2D eigenvalue weighted by Gasteiger charge is 2.03. The first-order valence-corrected chi connectivity index (χ1v) is 2.93. The maximum atomic E-state index is 9.86. The molecule has 1 aromatic rings. The Morgan fingerprint density at radius 3 is 2.91 bits per heavy atom. The summed E-state index contributed by atoms with van der Waals surface area (Å²) in [7, 11) is 0. The number of rotatable bonds is 2. The van der Waals surface area contributed by atoms with Gasteiger partial charge in [-0.15, -0.1) is 0 Å². The van der Waals surface area contributed by atoms with Gasteiger partial charge >= 0.3 is 0 Å². The van der Waals surface area contributed by atoms with Gasteiger partial charge in [0.15, 0.2) is 11.5 Å². The maximum absolute atomic E-state index is 9.86. The van der Waals surface area contributed by atoms with Gasteiger partial charge in [0.2, 0.25) is 0 Å². The third-order valence-corrected chi connectivity index (χ3v) is 1.21. The van der Waals surface area contributed by atoms with Crippen LogP contribution in [-0.4, -0.2) is 11.6 Å². The van der Waals surface area contributed by atoms with Gasteiger partial charge in [-0.1, -0.05) is 6.07 Å². The van der Waals surface area contributed by atoms with Crippen molar-refractivity contribution in [2.24, 2.45) is 0 Å². The van der Waals surface area contributed by atoms with Crippen LogP contribution in [0.5, 0.6) is 11.5 Å². The van der Waals surface area contributed by atoms with E-state index in [1.54, 1.807) is 6.07 Å². The normalized spacial score (nSPS) is 9.09. The molecule has 1 aromatic carbocycles. The zero-order valence-corrected chi connectivity index (χ0v) is 5.65. The van der Waals surface area contributed by atoms with Crippen LogP contribution < -0.4 is 10.5 Å². The number of hydrogen-bond acceptors (Lipinski definition) is 4. The summed E-state index contributed by atoms with van der Waals surface area (Å²) in [6.45, 7) is 0.231. The molecule has 0 saturated carbocycles. The van der Waals surface area contributed by atoms with Crippen LogP contribution in [0.25, 0.3) is 0 Å². The molecule has 1 rings (SSSR count). The van der Waals surface area contributed by atoms with Gasteiger partial charge in [-0.2, -0.15) is 0 Å². The van der Waals surface area contributed by atoms with E-state index in [-0.39, 0.29) is 23.7 Å². The number of nitrogens with two attached hydrogens (primary N) is 1. The van der Waals surface area contributed by atoms with E-state index < -0.39 is 0 Å². The number of ether oxygens (including phenoxy) is 1. The number of phenolic OH excluding ortho intramolecular Hbond substituents is 1. The number of phenols is 1. The predicted molar refractivity (Wildman–Crippen MR) is 39.2 cm³/mol. The minimum Gasteiger partial charge on any atom is -0.503 e. The van der Waals surface area contributed by atoms with Crippen molar-refractivity contribution < 1.29 is 14.6 Å². The van der Waals surface area contributed by atoms with Gasteiger partial charge in [-0.05, 0) is 12.1 Å². The molecule has 3 N–H and O–H groups in total. The van der Waals surface area contributed by atoms with E-state index >= 15 is 0 Å². The van der Waals surface area contributed by atoms with Crippen molar-refractivity contribution >= 4 is 12.2 Å². The van der Waals surface area contributed by atoms with E-state index in [0.29, 0.717) is 0 Å². The summed E-state index contributed by atoms with van der Waals surface area (Å²) in [4.78, 5) is 9.86. The summed E-state index contributed by atoms with van der Waals surface area (Å²) in [5, 5.41) is 9.12. The van der Waals surface area contributed by atoms with Crippen molar-refractivity contribution in [3.8, 4) is 11.5 Å². The number of carbonyl (C=O) groups is 1. The topological polar surface area (TPSA) is 72.5 Å². The van der Waals surface area contributed by atoms with Gasteiger partial charge in [0, 0.05) is 0 Å². The fourth-order valence-corrected chi connectivity index (χ4v) is 0.686. The van der Waals surface area contributed by atoms with Crippen LogP contribution in [0, 0.1) is 0 Å². The van der Waals surface area contributed by atoms with Crippen molar-refractivity contribution in [2.45, 2.75) is 0 Å². The summed E-state index contributed by atoms with van der Waals surface area (Å²) in [6, 6.07) is 4.53. The van der Waals surface area contributed by atoms with Crippen LogP contribution >= 0.6 is 0 Å². The van der Waals surface area contributed by atoms with Crippen LogP contribution in [-0.2, 0) is 4.79 Å². The Bertz CT molecular complexity index is 272. The predicted octanol–water partition coefficient (Wildman–Crippen LogP) is 0.510. The zero-order valence-electron chi connectivity index (χ0n) is 5.65. The van der Waals surface area contributed by atoms with E-state index in [1.807, 2.05) is 0 Å². The first-order valence-electron chi connectivity index (χ1n) is 2.93. The summed E-state index contributed by atoms with van der Waals surface area (Å²) in [5.74, 6) is -0.139. The van der Waals surface area contributed by atoms with Crippen molar-refractivity contribution in [1.29, 1.82) is 0 Å². The summed E-state index contributed by atoms with van der Waals surface area (Å²) >= 11 is 0. The summed E-state index contributed by atoms with van der Waals surface area (Å²) in [5.41, 5.74) is 5.49. The molecule has 0 unspecified atom stereocenters. The van der Waals surface area contributed by atoms with Crippen molar-refractivity contribution in [1.82, 2.24) is 0 Å². The fraction of sp³-hybridized carbons (Fsp3) is 0. The minimum atomic E-state index is -0.209. The lowest BCUT2D eigenvalue weighted by molar-refractivity contribution is -0.120. The Labute approximate surface area is 63.2 Å². The largest absolute Gasteiger partial charge is 0.503 e. The van der Waals surface area contributed by atoms with Gasteiger partial charge in [0.25, 0.3) is 6.47 Å². The van der Waals surface area contributed by atoms with Gasteiger partial charge in [-0.25, -0.2) is 0 Å². The molecule has 58 valence electrons.